The van der Waals surface area contributed by atoms with Gasteiger partial charge in [0.15, 0.2) is 0 Å². The zero-order chi connectivity index (χ0) is 6.27. The quantitative estimate of drug-likeness (QED) is 0.526. The number of nitrogens with zero attached hydrogens (tertiary/aromatic N) is 2. The lowest BCUT2D eigenvalue weighted by Gasteiger charge is -2.11. The van der Waals surface area contributed by atoms with E-state index in [1.54, 1.807) is 0 Å². The molecule has 50 valence electrons. The molecule has 2 aliphatic rings. The molecule has 1 aliphatic carbocycles. The minimum absolute atomic E-state index is 0.186. The van der Waals surface area contributed by atoms with Crippen molar-refractivity contribution in [2.75, 3.05) is 6.54 Å². The van der Waals surface area contributed by atoms with E-state index < -0.39 is 0 Å². The van der Waals surface area contributed by atoms with Gasteiger partial charge in [-0.15, -0.1) is 0 Å². The molecule has 3 nitrogen and oxygen atoms in total. The summed E-state index contributed by atoms with van der Waals surface area (Å²) >= 11 is 0. The molecule has 0 aromatic heterocycles. The molecule has 0 bridgehead atoms. The fourth-order valence-corrected chi connectivity index (χ4v) is 1.10. The van der Waals surface area contributed by atoms with Gasteiger partial charge >= 0.3 is 0 Å². The van der Waals surface area contributed by atoms with Crippen molar-refractivity contribution in [3.8, 4) is 0 Å². The van der Waals surface area contributed by atoms with E-state index in [0.29, 0.717) is 0 Å². The van der Waals surface area contributed by atoms with E-state index >= 15 is 0 Å². The van der Waals surface area contributed by atoms with Crippen LogP contribution in [0.3, 0.4) is 0 Å². The summed E-state index contributed by atoms with van der Waals surface area (Å²) in [6, 6.07) is 0.917. The second-order valence-corrected chi connectivity index (χ2v) is 2.78. The Balaban J connectivity index is 1.94. The first kappa shape index (κ1) is 5.23. The van der Waals surface area contributed by atoms with Crippen LogP contribution >= 0.6 is 0 Å². The first-order chi connectivity index (χ1) is 4.36. The van der Waals surface area contributed by atoms with E-state index in [-0.39, 0.29) is 6.04 Å². The fraction of sp³-hybridized carbons (Fsp3) is 0.833. The maximum atomic E-state index is 5.60. The molecule has 1 aliphatic heterocycles. The summed E-state index contributed by atoms with van der Waals surface area (Å²) in [5.74, 6) is 0. The van der Waals surface area contributed by atoms with Crippen molar-refractivity contribution in [2.24, 2.45) is 10.8 Å². The maximum absolute atomic E-state index is 5.60. The van der Waals surface area contributed by atoms with E-state index in [1.807, 2.05) is 6.21 Å². The molecule has 2 rings (SSSR count). The topological polar surface area (TPSA) is 41.6 Å². The van der Waals surface area contributed by atoms with Crippen molar-refractivity contribution < 1.29 is 0 Å². The Bertz CT molecular complexity index is 139. The molecule has 0 saturated heterocycles. The second kappa shape index (κ2) is 1.70. The van der Waals surface area contributed by atoms with Gasteiger partial charge in [-0.05, 0) is 12.8 Å². The van der Waals surface area contributed by atoms with Crippen LogP contribution in [0.2, 0.25) is 0 Å². The number of rotatable bonds is 1. The van der Waals surface area contributed by atoms with E-state index in [0.717, 1.165) is 12.6 Å². The average Bonchev–Trinajstić information content (AvgIpc) is 2.58. The zero-order valence-corrected chi connectivity index (χ0v) is 5.33. The van der Waals surface area contributed by atoms with E-state index in [4.69, 9.17) is 5.73 Å². The van der Waals surface area contributed by atoms with Crippen molar-refractivity contribution in [3.63, 3.8) is 0 Å². The van der Waals surface area contributed by atoms with Crippen molar-refractivity contribution in [3.05, 3.63) is 0 Å². The molecule has 0 aromatic rings. The van der Waals surface area contributed by atoms with Gasteiger partial charge in [0.2, 0.25) is 0 Å². The lowest BCUT2D eigenvalue weighted by molar-refractivity contribution is 0.299. The molecule has 1 heterocycles. The predicted molar refractivity (Wildman–Crippen MR) is 36.2 cm³/mol. The third-order valence-electron chi connectivity index (χ3n) is 1.77. The van der Waals surface area contributed by atoms with Crippen LogP contribution < -0.4 is 5.73 Å². The summed E-state index contributed by atoms with van der Waals surface area (Å²) in [6.07, 6.45) is 4.45. The molecule has 3 heteroatoms. The van der Waals surface area contributed by atoms with Crippen LogP contribution in [0.1, 0.15) is 12.8 Å². The zero-order valence-electron chi connectivity index (χ0n) is 5.33. The second-order valence-electron chi connectivity index (χ2n) is 2.78. The summed E-state index contributed by atoms with van der Waals surface area (Å²) in [5, 5.41) is 6.26. The summed E-state index contributed by atoms with van der Waals surface area (Å²) < 4.78 is 0. The predicted octanol–water partition coefficient (Wildman–Crippen LogP) is -0.223. The highest BCUT2D eigenvalue weighted by Crippen LogP contribution is 2.27. The molecule has 0 aromatic carbocycles. The Labute approximate surface area is 54.5 Å². The van der Waals surface area contributed by atoms with Gasteiger partial charge in [0.1, 0.15) is 0 Å². The van der Waals surface area contributed by atoms with Crippen LogP contribution in [0.4, 0.5) is 0 Å². The third-order valence-corrected chi connectivity index (χ3v) is 1.77. The minimum atomic E-state index is 0.186. The first-order valence-corrected chi connectivity index (χ1v) is 3.42. The highest BCUT2D eigenvalue weighted by atomic mass is 15.5. The summed E-state index contributed by atoms with van der Waals surface area (Å²) in [4.78, 5) is 0. The van der Waals surface area contributed by atoms with Gasteiger partial charge < -0.3 is 5.73 Å². The Kier molecular flexibility index (Phi) is 0.990. The van der Waals surface area contributed by atoms with Crippen LogP contribution in [-0.4, -0.2) is 29.9 Å². The summed E-state index contributed by atoms with van der Waals surface area (Å²) in [7, 11) is 0. The Morgan fingerprint density at radius 1 is 1.56 bits per heavy atom. The van der Waals surface area contributed by atoms with E-state index in [9.17, 15) is 0 Å². The van der Waals surface area contributed by atoms with Crippen LogP contribution in [-0.2, 0) is 0 Å². The average molecular weight is 125 g/mol. The molecule has 1 atom stereocenters. The van der Waals surface area contributed by atoms with Gasteiger partial charge in [0.25, 0.3) is 0 Å². The molecular formula is C6H11N3. The largest absolute Gasteiger partial charge is 0.322 e. The summed E-state index contributed by atoms with van der Waals surface area (Å²) in [6.45, 7) is 0.935. The molecule has 1 unspecified atom stereocenters. The van der Waals surface area contributed by atoms with Gasteiger partial charge in [-0.25, -0.2) is 0 Å². The Hall–Kier alpha value is -0.570. The van der Waals surface area contributed by atoms with Gasteiger partial charge in [0, 0.05) is 12.3 Å². The molecule has 1 fully saturated rings. The molecular weight excluding hydrogens is 114 g/mol. The van der Waals surface area contributed by atoms with Gasteiger partial charge in [-0.3, -0.25) is 5.01 Å². The van der Waals surface area contributed by atoms with Crippen LogP contribution in [0.25, 0.3) is 0 Å². The summed E-state index contributed by atoms with van der Waals surface area (Å²) in [5.41, 5.74) is 5.60. The lowest BCUT2D eigenvalue weighted by atomic mass is 10.3. The first-order valence-electron chi connectivity index (χ1n) is 3.42. The highest BCUT2D eigenvalue weighted by molar-refractivity contribution is 5.65. The van der Waals surface area contributed by atoms with Gasteiger partial charge in [0.05, 0.1) is 12.6 Å². The number of hydrogen-bond donors (Lipinski definition) is 1. The maximum Gasteiger partial charge on any atom is 0.0612 e. The normalized spacial score (nSPS) is 33.9. The van der Waals surface area contributed by atoms with Crippen molar-refractivity contribution in [1.82, 2.24) is 5.01 Å². The van der Waals surface area contributed by atoms with Crippen LogP contribution in [0.5, 0.6) is 0 Å². The van der Waals surface area contributed by atoms with Crippen LogP contribution in [0, 0.1) is 0 Å². The molecule has 0 radical (unpaired) electrons. The van der Waals surface area contributed by atoms with E-state index in [2.05, 4.69) is 10.1 Å². The molecule has 1 saturated carbocycles. The number of nitrogens with two attached hydrogens (primary N) is 1. The minimum Gasteiger partial charge on any atom is -0.322 e. The fourth-order valence-electron chi connectivity index (χ4n) is 1.10. The third kappa shape index (κ3) is 0.920. The molecule has 9 heavy (non-hydrogen) atoms. The Morgan fingerprint density at radius 3 is 2.78 bits per heavy atom. The van der Waals surface area contributed by atoms with Gasteiger partial charge in [-0.2, -0.15) is 5.10 Å². The molecule has 0 amide bonds. The van der Waals surface area contributed by atoms with Crippen molar-refractivity contribution in [2.45, 2.75) is 24.9 Å². The lowest BCUT2D eigenvalue weighted by Crippen LogP contribution is -2.29. The SMILES string of the molecule is NC1C=NN(C2CC2)C1. The monoisotopic (exact) mass is 125 g/mol. The molecule has 2 N–H and O–H groups in total. The molecule has 0 spiro atoms. The Morgan fingerprint density at radius 2 is 2.33 bits per heavy atom. The standard InChI is InChI=1S/C6H11N3/c7-5-3-8-9(4-5)6-1-2-6/h3,5-6H,1-2,4,7H2. The highest BCUT2D eigenvalue weighted by Gasteiger charge is 2.30. The van der Waals surface area contributed by atoms with Crippen molar-refractivity contribution >= 4 is 6.21 Å². The van der Waals surface area contributed by atoms with Crippen LogP contribution in [0.15, 0.2) is 5.10 Å². The van der Waals surface area contributed by atoms with Gasteiger partial charge in [-0.1, -0.05) is 0 Å². The smallest absolute Gasteiger partial charge is 0.0612 e. The van der Waals surface area contributed by atoms with Crippen molar-refractivity contribution in [1.29, 1.82) is 0 Å². The van der Waals surface area contributed by atoms with E-state index in [1.165, 1.54) is 12.8 Å². The number of hydrazone groups is 1. The number of hydrogen-bond acceptors (Lipinski definition) is 3.